The van der Waals surface area contributed by atoms with E-state index >= 15 is 0 Å². The quantitative estimate of drug-likeness (QED) is 0.894. The Labute approximate surface area is 113 Å². The summed E-state index contributed by atoms with van der Waals surface area (Å²) in [6, 6.07) is 12.6. The Morgan fingerprint density at radius 2 is 1.89 bits per heavy atom. The number of hydrogen-bond donors (Lipinski definition) is 1. The molecule has 0 aliphatic heterocycles. The van der Waals surface area contributed by atoms with Crippen LogP contribution in [0, 0.1) is 12.7 Å². The van der Waals surface area contributed by atoms with Gasteiger partial charge < -0.3 is 10.5 Å². The van der Waals surface area contributed by atoms with Gasteiger partial charge in [-0.25, -0.2) is 4.39 Å². The van der Waals surface area contributed by atoms with Crippen LogP contribution < -0.4 is 10.5 Å². The molecule has 2 rings (SSSR count). The summed E-state index contributed by atoms with van der Waals surface area (Å²) in [6.45, 7) is 2.83. The van der Waals surface area contributed by atoms with Crippen molar-refractivity contribution < 1.29 is 9.13 Å². The van der Waals surface area contributed by atoms with Gasteiger partial charge in [-0.1, -0.05) is 35.9 Å². The van der Waals surface area contributed by atoms with Gasteiger partial charge in [-0.2, -0.15) is 0 Å². The predicted molar refractivity (Wildman–Crippen MR) is 74.7 cm³/mol. The molecule has 0 saturated heterocycles. The fourth-order valence-electron chi connectivity index (χ4n) is 1.97. The average molecular weight is 259 g/mol. The fourth-order valence-corrected chi connectivity index (χ4v) is 1.97. The summed E-state index contributed by atoms with van der Waals surface area (Å²) in [5.74, 6) is 0.536. The van der Waals surface area contributed by atoms with Crippen LogP contribution in [0.3, 0.4) is 0 Å². The van der Waals surface area contributed by atoms with Crippen molar-refractivity contribution in [3.63, 3.8) is 0 Å². The number of ether oxygens (including phenoxy) is 1. The first-order valence-corrected chi connectivity index (χ1v) is 6.36. The van der Waals surface area contributed by atoms with Crippen LogP contribution >= 0.6 is 0 Å². The molecule has 0 spiro atoms. The molecule has 0 aromatic heterocycles. The number of halogens is 1. The maximum absolute atomic E-state index is 13.5. The standard InChI is InChI=1S/C16H18FNO/c1-12-6-7-16(13(10-12)8-9-18)19-11-14-4-2-3-5-15(14)17/h2-7,10H,8-9,11,18H2,1H3. The molecule has 2 nitrogen and oxygen atoms in total. The van der Waals surface area contributed by atoms with Gasteiger partial charge in [0.05, 0.1) is 0 Å². The predicted octanol–water partition coefficient (Wildman–Crippen LogP) is 3.21. The van der Waals surface area contributed by atoms with Crippen molar-refractivity contribution in [2.75, 3.05) is 6.54 Å². The number of hydrogen-bond acceptors (Lipinski definition) is 2. The molecule has 2 N–H and O–H groups in total. The van der Waals surface area contributed by atoms with Crippen molar-refractivity contribution >= 4 is 0 Å². The largest absolute Gasteiger partial charge is 0.489 e. The van der Waals surface area contributed by atoms with Gasteiger partial charge in [-0.15, -0.1) is 0 Å². The SMILES string of the molecule is Cc1ccc(OCc2ccccc2F)c(CCN)c1. The highest BCUT2D eigenvalue weighted by molar-refractivity contribution is 5.37. The van der Waals surface area contributed by atoms with Gasteiger partial charge in [0.2, 0.25) is 0 Å². The van der Waals surface area contributed by atoms with Gasteiger partial charge in [0.25, 0.3) is 0 Å². The molecule has 0 heterocycles. The Balaban J connectivity index is 2.13. The van der Waals surface area contributed by atoms with Crippen LogP contribution in [0.25, 0.3) is 0 Å². The summed E-state index contributed by atoms with van der Waals surface area (Å²) in [6.07, 6.45) is 0.758. The van der Waals surface area contributed by atoms with Crippen LogP contribution in [-0.4, -0.2) is 6.54 Å². The summed E-state index contributed by atoms with van der Waals surface area (Å²) in [5.41, 5.74) is 8.39. The molecule has 19 heavy (non-hydrogen) atoms. The van der Waals surface area contributed by atoms with Crippen LogP contribution in [0.2, 0.25) is 0 Å². The Bertz CT molecular complexity index is 554. The Kier molecular flexibility index (Phi) is 4.53. The normalized spacial score (nSPS) is 10.5. The van der Waals surface area contributed by atoms with E-state index in [1.807, 2.05) is 19.1 Å². The third-order valence-corrected chi connectivity index (χ3v) is 2.97. The van der Waals surface area contributed by atoms with Crippen molar-refractivity contribution in [1.82, 2.24) is 0 Å². The molecule has 3 heteroatoms. The molecule has 100 valence electrons. The molecule has 0 aliphatic rings. The van der Waals surface area contributed by atoms with E-state index in [0.29, 0.717) is 12.1 Å². The van der Waals surface area contributed by atoms with Gasteiger partial charge in [0, 0.05) is 5.56 Å². The topological polar surface area (TPSA) is 35.2 Å². The van der Waals surface area contributed by atoms with Gasteiger partial charge >= 0.3 is 0 Å². The first-order valence-electron chi connectivity index (χ1n) is 6.36. The highest BCUT2D eigenvalue weighted by Crippen LogP contribution is 2.22. The third-order valence-electron chi connectivity index (χ3n) is 2.97. The third kappa shape index (κ3) is 3.55. The molecule has 2 aromatic carbocycles. The minimum absolute atomic E-state index is 0.229. The maximum Gasteiger partial charge on any atom is 0.129 e. The smallest absolute Gasteiger partial charge is 0.129 e. The second kappa shape index (κ2) is 6.34. The number of rotatable bonds is 5. The van der Waals surface area contributed by atoms with E-state index in [9.17, 15) is 4.39 Å². The Morgan fingerprint density at radius 1 is 1.11 bits per heavy atom. The van der Waals surface area contributed by atoms with Gasteiger partial charge in [-0.3, -0.25) is 0 Å². The fraction of sp³-hybridized carbons (Fsp3) is 0.250. The lowest BCUT2D eigenvalue weighted by Crippen LogP contribution is -2.06. The van der Waals surface area contributed by atoms with E-state index < -0.39 is 0 Å². The van der Waals surface area contributed by atoms with E-state index in [4.69, 9.17) is 10.5 Å². The van der Waals surface area contributed by atoms with Gasteiger partial charge in [0.15, 0.2) is 0 Å². The zero-order valence-corrected chi connectivity index (χ0v) is 11.0. The molecule has 0 amide bonds. The molecule has 0 fully saturated rings. The highest BCUT2D eigenvalue weighted by Gasteiger charge is 2.06. The molecule has 0 atom stereocenters. The van der Waals surface area contributed by atoms with Crippen molar-refractivity contribution in [2.45, 2.75) is 20.0 Å². The van der Waals surface area contributed by atoms with E-state index in [0.717, 1.165) is 17.7 Å². The Hall–Kier alpha value is -1.87. The first-order chi connectivity index (χ1) is 9.20. The number of nitrogens with two attached hydrogens (primary N) is 1. The van der Waals surface area contributed by atoms with Crippen LogP contribution in [0.5, 0.6) is 5.75 Å². The molecule has 0 unspecified atom stereocenters. The van der Waals surface area contributed by atoms with Crippen LogP contribution in [0.15, 0.2) is 42.5 Å². The number of aryl methyl sites for hydroxylation is 1. The Morgan fingerprint density at radius 3 is 2.63 bits per heavy atom. The second-order valence-electron chi connectivity index (χ2n) is 4.53. The summed E-state index contributed by atoms with van der Waals surface area (Å²) in [4.78, 5) is 0. The molecular formula is C16H18FNO. The lowest BCUT2D eigenvalue weighted by Gasteiger charge is -2.12. The average Bonchev–Trinajstić information content (AvgIpc) is 2.40. The van der Waals surface area contributed by atoms with E-state index in [2.05, 4.69) is 6.07 Å². The molecule has 0 radical (unpaired) electrons. The minimum atomic E-state index is -0.241. The summed E-state index contributed by atoms with van der Waals surface area (Å²) in [5, 5.41) is 0. The minimum Gasteiger partial charge on any atom is -0.489 e. The summed E-state index contributed by atoms with van der Waals surface area (Å²) in [7, 11) is 0. The van der Waals surface area contributed by atoms with Crippen LogP contribution in [0.4, 0.5) is 4.39 Å². The molecule has 0 aliphatic carbocycles. The molecule has 0 bridgehead atoms. The first kappa shape index (κ1) is 13.6. The van der Waals surface area contributed by atoms with Crippen molar-refractivity contribution in [3.05, 3.63) is 65.0 Å². The zero-order chi connectivity index (χ0) is 13.7. The monoisotopic (exact) mass is 259 g/mol. The number of benzene rings is 2. The van der Waals surface area contributed by atoms with Crippen molar-refractivity contribution in [2.24, 2.45) is 5.73 Å². The zero-order valence-electron chi connectivity index (χ0n) is 11.0. The van der Waals surface area contributed by atoms with E-state index in [-0.39, 0.29) is 12.4 Å². The van der Waals surface area contributed by atoms with Crippen molar-refractivity contribution in [3.8, 4) is 5.75 Å². The van der Waals surface area contributed by atoms with Crippen LogP contribution in [-0.2, 0) is 13.0 Å². The summed E-state index contributed by atoms with van der Waals surface area (Å²) >= 11 is 0. The highest BCUT2D eigenvalue weighted by atomic mass is 19.1. The van der Waals surface area contributed by atoms with E-state index in [1.165, 1.54) is 11.6 Å². The summed E-state index contributed by atoms with van der Waals surface area (Å²) < 4.78 is 19.2. The van der Waals surface area contributed by atoms with Gasteiger partial charge in [-0.05, 0) is 37.6 Å². The van der Waals surface area contributed by atoms with Gasteiger partial charge in [0.1, 0.15) is 18.2 Å². The van der Waals surface area contributed by atoms with Crippen molar-refractivity contribution in [1.29, 1.82) is 0 Å². The second-order valence-corrected chi connectivity index (χ2v) is 4.53. The lowest BCUT2D eigenvalue weighted by molar-refractivity contribution is 0.296. The van der Waals surface area contributed by atoms with Crippen LogP contribution in [0.1, 0.15) is 16.7 Å². The lowest BCUT2D eigenvalue weighted by atomic mass is 10.1. The molecule has 2 aromatic rings. The maximum atomic E-state index is 13.5. The molecular weight excluding hydrogens is 241 g/mol. The van der Waals surface area contributed by atoms with E-state index in [1.54, 1.807) is 18.2 Å². The molecule has 0 saturated carbocycles.